The summed E-state index contributed by atoms with van der Waals surface area (Å²) >= 11 is 0. The molecule has 3 nitrogen and oxygen atoms in total. The zero-order valence-electron chi connectivity index (χ0n) is 12.9. The molecule has 0 amide bonds. The topological polar surface area (TPSA) is 43.4 Å². The Morgan fingerprint density at radius 3 is 2.60 bits per heavy atom. The van der Waals surface area contributed by atoms with Crippen LogP contribution in [0.15, 0.2) is 23.8 Å². The predicted octanol–water partition coefficient (Wildman–Crippen LogP) is 3.45. The number of hydrogen-bond acceptors (Lipinski definition) is 3. The van der Waals surface area contributed by atoms with Crippen LogP contribution in [0.25, 0.3) is 0 Å². The first-order valence-corrected chi connectivity index (χ1v) is 7.33. The molecule has 0 N–H and O–H groups in total. The Kier molecular flexibility index (Phi) is 3.90. The molecule has 0 aromatic carbocycles. The molecule has 0 bridgehead atoms. The molecule has 1 saturated carbocycles. The number of carbonyl (C=O) groups is 2. The van der Waals surface area contributed by atoms with Crippen molar-refractivity contribution in [1.29, 1.82) is 0 Å². The lowest BCUT2D eigenvalue weighted by atomic mass is 9.63. The molecule has 2 aliphatic rings. The summed E-state index contributed by atoms with van der Waals surface area (Å²) < 4.78 is 5.29. The summed E-state index contributed by atoms with van der Waals surface area (Å²) in [7, 11) is 0. The fourth-order valence-corrected chi connectivity index (χ4v) is 3.94. The molecule has 2 rings (SSSR count). The summed E-state index contributed by atoms with van der Waals surface area (Å²) in [5, 5.41) is 0. The average molecular weight is 276 g/mol. The van der Waals surface area contributed by atoms with Gasteiger partial charge >= 0.3 is 5.97 Å². The minimum atomic E-state index is -0.625. The molecule has 0 aromatic rings. The SMILES string of the molecule is C=C(C)C1CCC2(C1)C(C)=CC(=O)C(OC(C)=O)C2C. The van der Waals surface area contributed by atoms with Gasteiger partial charge in [-0.2, -0.15) is 0 Å². The van der Waals surface area contributed by atoms with Gasteiger partial charge in [-0.15, -0.1) is 0 Å². The molecule has 0 heterocycles. The fraction of sp³-hybridized carbons (Fsp3) is 0.647. The number of allylic oxidation sites excluding steroid dienone is 2. The van der Waals surface area contributed by atoms with Gasteiger partial charge in [0, 0.05) is 12.8 Å². The zero-order valence-corrected chi connectivity index (χ0v) is 12.9. The zero-order chi connectivity index (χ0) is 15.1. The van der Waals surface area contributed by atoms with Gasteiger partial charge in [0.1, 0.15) is 0 Å². The van der Waals surface area contributed by atoms with E-state index in [1.807, 2.05) is 13.8 Å². The van der Waals surface area contributed by atoms with Crippen LogP contribution in [0.3, 0.4) is 0 Å². The molecule has 4 atom stereocenters. The van der Waals surface area contributed by atoms with Crippen LogP contribution in [0, 0.1) is 17.3 Å². The molecule has 3 heteroatoms. The standard InChI is InChI=1S/C17H24O3/c1-10(2)14-6-7-17(9-14)11(3)8-15(19)16(12(17)4)20-13(5)18/h8,12,14,16H,1,6-7,9H2,2-5H3. The van der Waals surface area contributed by atoms with E-state index in [-0.39, 0.29) is 23.1 Å². The number of carbonyl (C=O) groups excluding carboxylic acids is 2. The number of ketones is 1. The Bertz CT molecular complexity index is 488. The maximum absolute atomic E-state index is 12.1. The number of rotatable bonds is 2. The summed E-state index contributed by atoms with van der Waals surface area (Å²) in [4.78, 5) is 23.4. The second-order valence-electron chi connectivity index (χ2n) is 6.49. The van der Waals surface area contributed by atoms with Crippen LogP contribution < -0.4 is 0 Å². The molecular weight excluding hydrogens is 252 g/mol. The normalized spacial score (nSPS) is 36.9. The van der Waals surface area contributed by atoms with Crippen molar-refractivity contribution in [3.8, 4) is 0 Å². The molecule has 2 aliphatic carbocycles. The lowest BCUT2D eigenvalue weighted by molar-refractivity contribution is -0.158. The van der Waals surface area contributed by atoms with Crippen molar-refractivity contribution in [3.63, 3.8) is 0 Å². The van der Waals surface area contributed by atoms with E-state index in [9.17, 15) is 9.59 Å². The first-order valence-electron chi connectivity index (χ1n) is 7.33. The van der Waals surface area contributed by atoms with Crippen molar-refractivity contribution in [2.24, 2.45) is 17.3 Å². The highest BCUT2D eigenvalue weighted by Gasteiger charge is 2.51. The van der Waals surface area contributed by atoms with Crippen LogP contribution in [0.2, 0.25) is 0 Å². The van der Waals surface area contributed by atoms with E-state index in [1.165, 1.54) is 12.5 Å². The molecule has 1 fully saturated rings. The third-order valence-electron chi connectivity index (χ3n) is 5.29. The van der Waals surface area contributed by atoms with Gasteiger partial charge in [0.05, 0.1) is 0 Å². The monoisotopic (exact) mass is 276 g/mol. The Morgan fingerprint density at radius 2 is 2.10 bits per heavy atom. The quantitative estimate of drug-likeness (QED) is 0.573. The van der Waals surface area contributed by atoms with Gasteiger partial charge in [-0.3, -0.25) is 9.59 Å². The lowest BCUT2D eigenvalue weighted by Gasteiger charge is -2.43. The van der Waals surface area contributed by atoms with Gasteiger partial charge in [-0.05, 0) is 50.5 Å². The molecule has 4 unspecified atom stereocenters. The summed E-state index contributed by atoms with van der Waals surface area (Å²) in [6.07, 6.45) is 4.22. The second-order valence-corrected chi connectivity index (χ2v) is 6.49. The van der Waals surface area contributed by atoms with E-state index in [0.29, 0.717) is 5.92 Å². The summed E-state index contributed by atoms with van der Waals surface area (Å²) in [6, 6.07) is 0. The Morgan fingerprint density at radius 1 is 1.45 bits per heavy atom. The van der Waals surface area contributed by atoms with Crippen LogP contribution in [0.4, 0.5) is 0 Å². The molecular formula is C17H24O3. The third kappa shape index (κ3) is 2.34. The van der Waals surface area contributed by atoms with Gasteiger partial charge in [-0.25, -0.2) is 0 Å². The molecule has 20 heavy (non-hydrogen) atoms. The van der Waals surface area contributed by atoms with Crippen LogP contribution in [0.1, 0.15) is 47.0 Å². The van der Waals surface area contributed by atoms with Crippen LogP contribution in [-0.4, -0.2) is 17.9 Å². The van der Waals surface area contributed by atoms with E-state index in [1.54, 1.807) is 6.08 Å². The number of esters is 1. The first kappa shape index (κ1) is 15.0. The number of ether oxygens (including phenoxy) is 1. The predicted molar refractivity (Wildman–Crippen MR) is 78.1 cm³/mol. The van der Waals surface area contributed by atoms with Crippen LogP contribution in [0.5, 0.6) is 0 Å². The maximum Gasteiger partial charge on any atom is 0.303 e. The minimum Gasteiger partial charge on any atom is -0.454 e. The molecule has 0 saturated heterocycles. The van der Waals surface area contributed by atoms with Crippen LogP contribution >= 0.6 is 0 Å². The van der Waals surface area contributed by atoms with Crippen molar-refractivity contribution < 1.29 is 14.3 Å². The molecule has 0 radical (unpaired) electrons. The van der Waals surface area contributed by atoms with Crippen molar-refractivity contribution in [2.45, 2.75) is 53.1 Å². The van der Waals surface area contributed by atoms with Crippen molar-refractivity contribution in [1.82, 2.24) is 0 Å². The van der Waals surface area contributed by atoms with Gasteiger partial charge in [-0.1, -0.05) is 24.6 Å². The summed E-state index contributed by atoms with van der Waals surface area (Å²) in [5.41, 5.74) is 2.34. The molecule has 0 aliphatic heterocycles. The van der Waals surface area contributed by atoms with Crippen molar-refractivity contribution in [3.05, 3.63) is 23.8 Å². The molecule has 110 valence electrons. The maximum atomic E-state index is 12.1. The van der Waals surface area contributed by atoms with Gasteiger partial charge in [0.25, 0.3) is 0 Å². The molecule has 1 spiro atoms. The van der Waals surface area contributed by atoms with E-state index in [4.69, 9.17) is 4.74 Å². The van der Waals surface area contributed by atoms with Gasteiger partial charge in [0.15, 0.2) is 11.9 Å². The summed E-state index contributed by atoms with van der Waals surface area (Å²) in [6.45, 7) is 11.6. The van der Waals surface area contributed by atoms with Gasteiger partial charge in [0.2, 0.25) is 0 Å². The van der Waals surface area contributed by atoms with E-state index in [2.05, 4.69) is 13.5 Å². The first-order chi connectivity index (χ1) is 9.28. The Balaban J connectivity index is 2.33. The molecule has 0 aromatic heterocycles. The lowest BCUT2D eigenvalue weighted by Crippen LogP contribution is -2.45. The number of hydrogen-bond donors (Lipinski definition) is 0. The highest BCUT2D eigenvalue weighted by Crippen LogP contribution is 2.56. The van der Waals surface area contributed by atoms with E-state index in [0.717, 1.165) is 24.8 Å². The average Bonchev–Trinajstić information content (AvgIpc) is 2.79. The van der Waals surface area contributed by atoms with Gasteiger partial charge < -0.3 is 4.74 Å². The highest BCUT2D eigenvalue weighted by atomic mass is 16.5. The van der Waals surface area contributed by atoms with Crippen molar-refractivity contribution >= 4 is 11.8 Å². The van der Waals surface area contributed by atoms with Crippen molar-refractivity contribution in [2.75, 3.05) is 0 Å². The van der Waals surface area contributed by atoms with Crippen LogP contribution in [-0.2, 0) is 14.3 Å². The smallest absolute Gasteiger partial charge is 0.303 e. The minimum absolute atomic E-state index is 0.0162. The fourth-order valence-electron chi connectivity index (χ4n) is 3.94. The second kappa shape index (κ2) is 5.19. The Labute approximate surface area is 121 Å². The van der Waals surface area contributed by atoms with E-state index >= 15 is 0 Å². The highest BCUT2D eigenvalue weighted by molar-refractivity contribution is 5.97. The summed E-state index contributed by atoms with van der Waals surface area (Å²) in [5.74, 6) is 0.0857. The third-order valence-corrected chi connectivity index (χ3v) is 5.29. The largest absolute Gasteiger partial charge is 0.454 e. The Hall–Kier alpha value is -1.38. The van der Waals surface area contributed by atoms with E-state index < -0.39 is 6.10 Å².